The highest BCUT2D eigenvalue weighted by Gasteiger charge is 2.22. The number of phenolic OH excluding ortho intramolecular Hbond substituents is 1. The minimum Gasteiger partial charge on any atom is -0.507 e. The number of aliphatic hydroxyl groups is 1. The number of hydrogen-bond acceptors (Lipinski definition) is 4. The Bertz CT molecular complexity index is 459. The van der Waals surface area contributed by atoms with Crippen LogP contribution in [0.3, 0.4) is 0 Å². The summed E-state index contributed by atoms with van der Waals surface area (Å²) in [6, 6.07) is 5.00. The first-order valence-corrected chi connectivity index (χ1v) is 7.30. The molecule has 2 rings (SSSR count). The number of aromatic hydroxyl groups is 1. The summed E-state index contributed by atoms with van der Waals surface area (Å²) in [7, 11) is 0. The summed E-state index contributed by atoms with van der Waals surface area (Å²) >= 11 is 2.03. The molecule has 2 N–H and O–H groups in total. The monoisotopic (exact) mass is 376 g/mol. The lowest BCUT2D eigenvalue weighted by molar-refractivity contribution is 0.0614. The summed E-state index contributed by atoms with van der Waals surface area (Å²) in [5.74, 6) is 0.0979. The van der Waals surface area contributed by atoms with Crippen LogP contribution in [-0.4, -0.2) is 65.3 Å². The van der Waals surface area contributed by atoms with Crippen molar-refractivity contribution in [1.29, 1.82) is 0 Å². The molecule has 19 heavy (non-hydrogen) atoms. The molecular formula is C13H17IN2O3. The molecule has 1 fully saturated rings. The summed E-state index contributed by atoms with van der Waals surface area (Å²) in [6.45, 7) is 3.69. The number of carbonyl (C=O) groups is 1. The van der Waals surface area contributed by atoms with Crippen LogP contribution in [0.15, 0.2) is 18.2 Å². The van der Waals surface area contributed by atoms with E-state index in [1.165, 1.54) is 6.07 Å². The first kappa shape index (κ1) is 14.5. The Hall–Kier alpha value is -0.860. The maximum Gasteiger partial charge on any atom is 0.254 e. The molecule has 0 saturated carbocycles. The molecule has 5 nitrogen and oxygen atoms in total. The molecular weight excluding hydrogens is 359 g/mol. The van der Waals surface area contributed by atoms with Gasteiger partial charge in [-0.3, -0.25) is 9.69 Å². The molecule has 0 bridgehead atoms. The van der Waals surface area contributed by atoms with Gasteiger partial charge in [-0.1, -0.05) is 0 Å². The van der Waals surface area contributed by atoms with E-state index in [1.807, 2.05) is 22.6 Å². The van der Waals surface area contributed by atoms with Crippen molar-refractivity contribution >= 4 is 28.5 Å². The summed E-state index contributed by atoms with van der Waals surface area (Å²) in [5.41, 5.74) is 0.522. The Morgan fingerprint density at radius 1 is 1.26 bits per heavy atom. The number of phenols is 1. The molecule has 0 radical (unpaired) electrons. The van der Waals surface area contributed by atoms with Gasteiger partial charge in [0.05, 0.1) is 10.2 Å². The third-order valence-electron chi connectivity index (χ3n) is 3.27. The number of piperazine rings is 1. The van der Waals surface area contributed by atoms with Crippen molar-refractivity contribution < 1.29 is 15.0 Å². The largest absolute Gasteiger partial charge is 0.507 e. The Morgan fingerprint density at radius 2 is 1.95 bits per heavy atom. The highest BCUT2D eigenvalue weighted by molar-refractivity contribution is 14.1. The van der Waals surface area contributed by atoms with Crippen molar-refractivity contribution in [1.82, 2.24) is 9.80 Å². The molecule has 1 aromatic carbocycles. The van der Waals surface area contributed by atoms with Gasteiger partial charge in [0.1, 0.15) is 5.75 Å². The fraction of sp³-hybridized carbons (Fsp3) is 0.462. The number of amides is 1. The van der Waals surface area contributed by atoms with Crippen LogP contribution in [0.2, 0.25) is 0 Å². The zero-order valence-electron chi connectivity index (χ0n) is 10.5. The summed E-state index contributed by atoms with van der Waals surface area (Å²) in [6.07, 6.45) is 0. The van der Waals surface area contributed by atoms with Gasteiger partial charge in [0.15, 0.2) is 0 Å². The van der Waals surface area contributed by atoms with Gasteiger partial charge in [-0.15, -0.1) is 0 Å². The topological polar surface area (TPSA) is 64.0 Å². The number of aliphatic hydroxyl groups excluding tert-OH is 1. The van der Waals surface area contributed by atoms with Crippen LogP contribution in [0.4, 0.5) is 0 Å². The molecule has 0 spiro atoms. The Morgan fingerprint density at radius 3 is 2.53 bits per heavy atom. The van der Waals surface area contributed by atoms with Gasteiger partial charge in [-0.2, -0.15) is 0 Å². The lowest BCUT2D eigenvalue weighted by atomic mass is 10.1. The van der Waals surface area contributed by atoms with Crippen LogP contribution in [0, 0.1) is 3.57 Å². The first-order chi connectivity index (χ1) is 9.11. The third-order valence-corrected chi connectivity index (χ3v) is 4.18. The molecule has 1 saturated heterocycles. The van der Waals surface area contributed by atoms with Crippen LogP contribution >= 0.6 is 22.6 Å². The third kappa shape index (κ3) is 3.58. The van der Waals surface area contributed by atoms with Crippen molar-refractivity contribution in [3.63, 3.8) is 0 Å². The van der Waals surface area contributed by atoms with Gasteiger partial charge in [-0.25, -0.2) is 0 Å². The summed E-state index contributed by atoms with van der Waals surface area (Å²) in [5, 5.41) is 18.5. The minimum absolute atomic E-state index is 0.0460. The van der Waals surface area contributed by atoms with Gasteiger partial charge in [0.25, 0.3) is 5.91 Å². The zero-order valence-corrected chi connectivity index (χ0v) is 12.7. The predicted molar refractivity (Wildman–Crippen MR) is 80.3 cm³/mol. The number of rotatable bonds is 3. The Labute approximate surface area is 126 Å². The molecule has 0 atom stereocenters. The Balaban J connectivity index is 1.99. The van der Waals surface area contributed by atoms with E-state index in [2.05, 4.69) is 4.90 Å². The van der Waals surface area contributed by atoms with Gasteiger partial charge >= 0.3 is 0 Å². The normalized spacial score (nSPS) is 16.6. The number of nitrogens with zero attached hydrogens (tertiary/aromatic N) is 2. The molecule has 1 aliphatic rings. The van der Waals surface area contributed by atoms with Crippen molar-refractivity contribution in [3.8, 4) is 5.75 Å². The highest BCUT2D eigenvalue weighted by atomic mass is 127. The standard InChI is InChI=1S/C13H17IN2O3/c14-11-2-1-10(9-12(11)18)13(19)16-5-3-15(4-6-16)7-8-17/h1-2,9,17-18H,3-8H2. The van der Waals surface area contributed by atoms with Crippen LogP contribution in [-0.2, 0) is 0 Å². The maximum absolute atomic E-state index is 12.3. The van der Waals surface area contributed by atoms with Crippen LogP contribution in [0.25, 0.3) is 0 Å². The lowest BCUT2D eigenvalue weighted by Gasteiger charge is -2.34. The summed E-state index contributed by atoms with van der Waals surface area (Å²) in [4.78, 5) is 16.2. The van der Waals surface area contributed by atoms with Gasteiger partial charge < -0.3 is 15.1 Å². The van der Waals surface area contributed by atoms with Crippen molar-refractivity contribution in [2.45, 2.75) is 0 Å². The van der Waals surface area contributed by atoms with Crippen LogP contribution in [0.5, 0.6) is 5.75 Å². The van der Waals surface area contributed by atoms with Crippen molar-refractivity contribution in [3.05, 3.63) is 27.3 Å². The molecule has 0 unspecified atom stereocenters. The van der Waals surface area contributed by atoms with Crippen molar-refractivity contribution in [2.24, 2.45) is 0 Å². The lowest BCUT2D eigenvalue weighted by Crippen LogP contribution is -2.49. The zero-order chi connectivity index (χ0) is 13.8. The quantitative estimate of drug-likeness (QED) is 0.765. The smallest absolute Gasteiger partial charge is 0.254 e. The molecule has 1 aromatic rings. The minimum atomic E-state index is -0.0460. The molecule has 104 valence electrons. The Kier molecular flexibility index (Phi) is 5.00. The van der Waals surface area contributed by atoms with E-state index in [4.69, 9.17) is 5.11 Å². The number of halogens is 1. The SMILES string of the molecule is O=C(c1ccc(I)c(O)c1)N1CCN(CCO)CC1. The molecule has 1 heterocycles. The van der Waals surface area contributed by atoms with E-state index in [9.17, 15) is 9.90 Å². The second-order valence-corrected chi connectivity index (χ2v) is 5.69. The average molecular weight is 376 g/mol. The first-order valence-electron chi connectivity index (χ1n) is 6.23. The van der Waals surface area contributed by atoms with Gasteiger partial charge in [-0.05, 0) is 40.8 Å². The molecule has 6 heteroatoms. The number of β-amino-alcohol motifs (C(OH)–C–C–N with tert-alkyl or cyclic N) is 1. The fourth-order valence-electron chi connectivity index (χ4n) is 2.14. The fourth-order valence-corrected chi connectivity index (χ4v) is 2.48. The van der Waals surface area contributed by atoms with E-state index in [-0.39, 0.29) is 18.3 Å². The van der Waals surface area contributed by atoms with E-state index < -0.39 is 0 Å². The summed E-state index contributed by atoms with van der Waals surface area (Å²) < 4.78 is 0.738. The average Bonchev–Trinajstić information content (AvgIpc) is 2.42. The molecule has 0 aromatic heterocycles. The van der Waals surface area contributed by atoms with E-state index in [1.54, 1.807) is 17.0 Å². The second kappa shape index (κ2) is 6.53. The van der Waals surface area contributed by atoms with E-state index in [0.29, 0.717) is 25.2 Å². The molecule has 1 aliphatic heterocycles. The number of hydrogen-bond donors (Lipinski definition) is 2. The second-order valence-electron chi connectivity index (χ2n) is 4.52. The molecule has 1 amide bonds. The van der Waals surface area contributed by atoms with Crippen LogP contribution < -0.4 is 0 Å². The van der Waals surface area contributed by atoms with Gasteiger partial charge in [0, 0.05) is 38.3 Å². The van der Waals surface area contributed by atoms with E-state index in [0.717, 1.165) is 16.7 Å². The van der Waals surface area contributed by atoms with Crippen molar-refractivity contribution in [2.75, 3.05) is 39.3 Å². The predicted octanol–water partition coefficient (Wildman–Crippen LogP) is 0.747. The number of carbonyl (C=O) groups excluding carboxylic acids is 1. The van der Waals surface area contributed by atoms with Crippen LogP contribution in [0.1, 0.15) is 10.4 Å². The van der Waals surface area contributed by atoms with E-state index >= 15 is 0 Å². The molecule has 0 aliphatic carbocycles. The maximum atomic E-state index is 12.3. The number of benzene rings is 1. The highest BCUT2D eigenvalue weighted by Crippen LogP contribution is 2.21. The van der Waals surface area contributed by atoms with Gasteiger partial charge in [0.2, 0.25) is 0 Å².